The summed E-state index contributed by atoms with van der Waals surface area (Å²) in [7, 11) is 0. The van der Waals surface area contributed by atoms with Crippen molar-refractivity contribution in [3.8, 4) is 0 Å². The van der Waals surface area contributed by atoms with E-state index in [0.29, 0.717) is 0 Å². The predicted octanol–water partition coefficient (Wildman–Crippen LogP) is 1.64. The van der Waals surface area contributed by atoms with E-state index in [-0.39, 0.29) is 24.3 Å². The highest BCUT2D eigenvalue weighted by molar-refractivity contribution is 5.98. The number of halogens is 3. The number of rotatable bonds is 5. The van der Waals surface area contributed by atoms with Crippen molar-refractivity contribution in [1.29, 1.82) is 0 Å². The summed E-state index contributed by atoms with van der Waals surface area (Å²) >= 11 is 0. The second kappa shape index (κ2) is 6.17. The molecule has 110 valence electrons. The van der Waals surface area contributed by atoms with Gasteiger partial charge < -0.3 is 11.1 Å². The topological polar surface area (TPSA) is 111 Å². The van der Waals surface area contributed by atoms with Gasteiger partial charge in [0.05, 0.1) is 4.92 Å². The molecule has 0 spiro atoms. The molecule has 0 atom stereocenters. The molecule has 0 aromatic carbocycles. The first-order valence-corrected chi connectivity index (χ1v) is 5.45. The van der Waals surface area contributed by atoms with E-state index in [2.05, 4.69) is 10.3 Å². The molecule has 0 aliphatic heterocycles. The number of hydrogen-bond donors (Lipinski definition) is 2. The van der Waals surface area contributed by atoms with Gasteiger partial charge in [-0.15, -0.1) is 0 Å². The van der Waals surface area contributed by atoms with Crippen molar-refractivity contribution in [2.45, 2.75) is 19.0 Å². The van der Waals surface area contributed by atoms with Crippen LogP contribution in [0.5, 0.6) is 0 Å². The molecule has 0 saturated carbocycles. The molecule has 0 aliphatic rings. The Kier molecular flexibility index (Phi) is 4.83. The monoisotopic (exact) mass is 292 g/mol. The first kappa shape index (κ1) is 15.7. The number of carbonyl (C=O) groups excluding carboxylic acids is 1. The van der Waals surface area contributed by atoms with E-state index in [0.717, 1.165) is 12.3 Å². The highest BCUT2D eigenvalue weighted by Crippen LogP contribution is 2.21. The van der Waals surface area contributed by atoms with E-state index in [9.17, 15) is 28.1 Å². The number of nitrogen functional groups attached to an aromatic ring is 1. The van der Waals surface area contributed by atoms with E-state index < -0.39 is 29.1 Å². The fraction of sp³-hybridized carbons (Fsp3) is 0.400. The van der Waals surface area contributed by atoms with Crippen LogP contribution < -0.4 is 11.1 Å². The Hall–Kier alpha value is -2.39. The van der Waals surface area contributed by atoms with Crippen molar-refractivity contribution in [2.75, 3.05) is 12.3 Å². The molecule has 0 saturated heterocycles. The number of hydrogen-bond acceptors (Lipinski definition) is 5. The highest BCUT2D eigenvalue weighted by atomic mass is 19.4. The molecule has 7 nitrogen and oxygen atoms in total. The van der Waals surface area contributed by atoms with Gasteiger partial charge in [0.2, 0.25) is 0 Å². The molecule has 1 rings (SSSR count). The predicted molar refractivity (Wildman–Crippen MR) is 62.9 cm³/mol. The molecule has 0 unspecified atom stereocenters. The molecule has 10 heteroatoms. The van der Waals surface area contributed by atoms with E-state index in [1.165, 1.54) is 0 Å². The van der Waals surface area contributed by atoms with Crippen LogP contribution in [0.25, 0.3) is 0 Å². The van der Waals surface area contributed by atoms with Crippen molar-refractivity contribution in [2.24, 2.45) is 0 Å². The molecule has 1 amide bonds. The number of nitrogens with zero attached hydrogens (tertiary/aromatic N) is 2. The Bertz CT molecular complexity index is 519. The lowest BCUT2D eigenvalue weighted by Crippen LogP contribution is -2.26. The van der Waals surface area contributed by atoms with E-state index in [1.807, 2.05) is 0 Å². The van der Waals surface area contributed by atoms with Crippen molar-refractivity contribution in [3.63, 3.8) is 0 Å². The number of anilines is 1. The van der Waals surface area contributed by atoms with Crippen molar-refractivity contribution >= 4 is 17.4 Å². The lowest BCUT2D eigenvalue weighted by Gasteiger charge is -2.08. The van der Waals surface area contributed by atoms with Gasteiger partial charge >= 0.3 is 6.18 Å². The zero-order valence-corrected chi connectivity index (χ0v) is 10.1. The van der Waals surface area contributed by atoms with Gasteiger partial charge in [-0.05, 0) is 12.5 Å². The number of aromatic nitrogens is 1. The summed E-state index contributed by atoms with van der Waals surface area (Å²) in [5, 5.41) is 12.9. The van der Waals surface area contributed by atoms with Crippen LogP contribution in [0.3, 0.4) is 0 Å². The van der Waals surface area contributed by atoms with Crippen LogP contribution in [0.1, 0.15) is 23.2 Å². The van der Waals surface area contributed by atoms with Crippen molar-refractivity contribution in [3.05, 3.63) is 27.9 Å². The molecule has 0 bridgehead atoms. The Morgan fingerprint density at radius 3 is 2.70 bits per heavy atom. The third-order valence-electron chi connectivity index (χ3n) is 2.27. The Morgan fingerprint density at radius 1 is 1.50 bits per heavy atom. The van der Waals surface area contributed by atoms with Crippen LogP contribution in [0.2, 0.25) is 0 Å². The molecule has 0 fully saturated rings. The molecule has 1 heterocycles. The number of pyridine rings is 1. The fourth-order valence-corrected chi connectivity index (χ4v) is 1.38. The van der Waals surface area contributed by atoms with Crippen LogP contribution in [0.4, 0.5) is 24.7 Å². The summed E-state index contributed by atoms with van der Waals surface area (Å²) < 4.78 is 35.7. The third-order valence-corrected chi connectivity index (χ3v) is 2.27. The number of alkyl halides is 3. The van der Waals surface area contributed by atoms with Gasteiger partial charge in [0.1, 0.15) is 17.6 Å². The summed E-state index contributed by atoms with van der Waals surface area (Å²) in [4.78, 5) is 25.0. The maximum Gasteiger partial charge on any atom is 0.389 e. The Morgan fingerprint density at radius 2 is 2.15 bits per heavy atom. The Balaban J connectivity index is 2.68. The average Bonchev–Trinajstić information content (AvgIpc) is 2.32. The smallest absolute Gasteiger partial charge is 0.384 e. The minimum Gasteiger partial charge on any atom is -0.384 e. The largest absolute Gasteiger partial charge is 0.389 e. The average molecular weight is 292 g/mol. The number of amides is 1. The summed E-state index contributed by atoms with van der Waals surface area (Å²) in [6, 6.07) is 0.997. The minimum absolute atomic E-state index is 0.101. The van der Waals surface area contributed by atoms with Gasteiger partial charge in [-0.25, -0.2) is 4.98 Å². The van der Waals surface area contributed by atoms with Crippen molar-refractivity contribution < 1.29 is 22.9 Å². The number of carbonyl (C=O) groups is 1. The molecular weight excluding hydrogens is 281 g/mol. The van der Waals surface area contributed by atoms with Gasteiger partial charge in [-0.1, -0.05) is 0 Å². The molecule has 0 radical (unpaired) electrons. The zero-order valence-electron chi connectivity index (χ0n) is 10.1. The number of nitrogens with two attached hydrogens (primary N) is 1. The van der Waals surface area contributed by atoms with Gasteiger partial charge in [-0.3, -0.25) is 14.9 Å². The molecule has 20 heavy (non-hydrogen) atoms. The van der Waals surface area contributed by atoms with Crippen molar-refractivity contribution in [1.82, 2.24) is 10.3 Å². The standard InChI is InChI=1S/C10H11F3N4O3/c11-10(12,13)2-1-3-15-9(18)6-4-8(14)16-5-7(6)17(19)20/h4-5H,1-3H2,(H2,14,16)(H,15,18). The summed E-state index contributed by atoms with van der Waals surface area (Å²) in [6.07, 6.45) is -4.85. The van der Waals surface area contributed by atoms with Crippen LogP contribution in [0.15, 0.2) is 12.3 Å². The van der Waals surface area contributed by atoms with Crippen LogP contribution >= 0.6 is 0 Å². The second-order valence-corrected chi connectivity index (χ2v) is 3.86. The first-order valence-electron chi connectivity index (χ1n) is 5.45. The second-order valence-electron chi connectivity index (χ2n) is 3.86. The van der Waals surface area contributed by atoms with Gasteiger partial charge in [0.25, 0.3) is 11.6 Å². The molecule has 1 aromatic rings. The first-order chi connectivity index (χ1) is 9.20. The quantitative estimate of drug-likeness (QED) is 0.487. The molecule has 0 aliphatic carbocycles. The highest BCUT2D eigenvalue weighted by Gasteiger charge is 2.26. The van der Waals surface area contributed by atoms with Gasteiger partial charge in [0, 0.05) is 13.0 Å². The van der Waals surface area contributed by atoms with Gasteiger partial charge in [-0.2, -0.15) is 13.2 Å². The molecule has 1 aromatic heterocycles. The summed E-state index contributed by atoms with van der Waals surface area (Å²) in [5.41, 5.74) is 4.41. The molecular formula is C10H11F3N4O3. The SMILES string of the molecule is Nc1cc(C(=O)NCCCC(F)(F)F)c([N+](=O)[O-])cn1. The maximum atomic E-state index is 11.9. The number of nitrogens with one attached hydrogen (secondary N) is 1. The van der Waals surface area contributed by atoms with Crippen LogP contribution in [-0.4, -0.2) is 28.5 Å². The lowest BCUT2D eigenvalue weighted by atomic mass is 10.2. The van der Waals surface area contributed by atoms with E-state index in [4.69, 9.17) is 5.73 Å². The van der Waals surface area contributed by atoms with Crippen LogP contribution in [0, 0.1) is 10.1 Å². The fourth-order valence-electron chi connectivity index (χ4n) is 1.38. The molecule has 3 N–H and O–H groups in total. The summed E-state index contributed by atoms with van der Waals surface area (Å²) in [6.45, 7) is -0.252. The van der Waals surface area contributed by atoms with Crippen LogP contribution in [-0.2, 0) is 0 Å². The minimum atomic E-state index is -4.31. The zero-order chi connectivity index (χ0) is 15.3. The Labute approximate surface area is 111 Å². The van der Waals surface area contributed by atoms with Gasteiger partial charge in [0.15, 0.2) is 0 Å². The van der Waals surface area contributed by atoms with E-state index >= 15 is 0 Å². The summed E-state index contributed by atoms with van der Waals surface area (Å²) in [5.74, 6) is -0.969. The third kappa shape index (κ3) is 4.71. The van der Waals surface area contributed by atoms with E-state index in [1.54, 1.807) is 0 Å². The normalized spacial score (nSPS) is 11.2. The number of nitro groups is 1. The maximum absolute atomic E-state index is 11.9. The lowest BCUT2D eigenvalue weighted by molar-refractivity contribution is -0.385.